The molecule has 0 unspecified atom stereocenters. The monoisotopic (exact) mass is 377 g/mol. The molecule has 144 valence electrons. The molecule has 2 heterocycles. The Kier molecular flexibility index (Phi) is 4.83. The van der Waals surface area contributed by atoms with E-state index in [1.165, 1.54) is 7.11 Å². The quantitative estimate of drug-likeness (QED) is 0.522. The summed E-state index contributed by atoms with van der Waals surface area (Å²) < 4.78 is 6.99. The molecule has 0 atom stereocenters. The number of carbonyl (C=O) groups excluding carboxylic acids is 1. The van der Waals surface area contributed by atoms with Crippen LogP contribution in [0.15, 0.2) is 42.5 Å². The number of imidazole rings is 2. The Bertz CT molecular complexity index is 1110. The van der Waals surface area contributed by atoms with Gasteiger partial charge in [0.1, 0.15) is 11.6 Å². The Morgan fingerprint density at radius 1 is 1.18 bits per heavy atom. The summed E-state index contributed by atoms with van der Waals surface area (Å²) in [6.45, 7) is 4.28. The molecular formula is C21H23N5O2. The molecule has 2 aromatic heterocycles. The average molecular weight is 377 g/mol. The first-order valence-corrected chi connectivity index (χ1v) is 9.28. The van der Waals surface area contributed by atoms with Gasteiger partial charge < -0.3 is 14.3 Å². The number of aromatic nitrogens is 4. The van der Waals surface area contributed by atoms with Crippen molar-refractivity contribution in [1.82, 2.24) is 24.4 Å². The SMILES string of the molecule is CCN(C)Cc1nc2ccc(C(=O)OC)cc2n1Cc1nc2ccccc2[nH]1. The molecular weight excluding hydrogens is 354 g/mol. The van der Waals surface area contributed by atoms with Crippen LogP contribution in [0, 0.1) is 0 Å². The summed E-state index contributed by atoms with van der Waals surface area (Å²) >= 11 is 0. The van der Waals surface area contributed by atoms with Crippen molar-refractivity contribution in [3.63, 3.8) is 0 Å². The first-order chi connectivity index (χ1) is 13.6. The normalized spacial score (nSPS) is 11.6. The van der Waals surface area contributed by atoms with Crippen LogP contribution in [0.1, 0.15) is 28.9 Å². The molecule has 0 aliphatic heterocycles. The molecule has 0 saturated carbocycles. The molecule has 0 amide bonds. The molecule has 0 saturated heterocycles. The van der Waals surface area contributed by atoms with Crippen molar-refractivity contribution in [2.24, 2.45) is 0 Å². The van der Waals surface area contributed by atoms with Crippen LogP contribution in [-0.2, 0) is 17.8 Å². The zero-order chi connectivity index (χ0) is 19.7. The highest BCUT2D eigenvalue weighted by Gasteiger charge is 2.16. The van der Waals surface area contributed by atoms with E-state index in [2.05, 4.69) is 28.4 Å². The van der Waals surface area contributed by atoms with E-state index in [1.54, 1.807) is 6.07 Å². The number of H-pyrrole nitrogens is 1. The average Bonchev–Trinajstić information content (AvgIpc) is 3.28. The third-order valence-electron chi connectivity index (χ3n) is 4.95. The molecule has 4 rings (SSSR count). The first-order valence-electron chi connectivity index (χ1n) is 9.28. The first kappa shape index (κ1) is 18.2. The van der Waals surface area contributed by atoms with Crippen LogP contribution < -0.4 is 0 Å². The Morgan fingerprint density at radius 3 is 2.75 bits per heavy atom. The zero-order valence-corrected chi connectivity index (χ0v) is 16.3. The Labute approximate surface area is 163 Å². The number of hydrogen-bond donors (Lipinski definition) is 1. The molecule has 0 spiro atoms. The van der Waals surface area contributed by atoms with Crippen molar-refractivity contribution < 1.29 is 9.53 Å². The highest BCUT2D eigenvalue weighted by Crippen LogP contribution is 2.21. The van der Waals surface area contributed by atoms with Gasteiger partial charge in [-0.1, -0.05) is 19.1 Å². The van der Waals surface area contributed by atoms with E-state index >= 15 is 0 Å². The van der Waals surface area contributed by atoms with E-state index in [4.69, 9.17) is 14.7 Å². The van der Waals surface area contributed by atoms with E-state index in [1.807, 2.05) is 36.4 Å². The van der Waals surface area contributed by atoms with Crippen molar-refractivity contribution in [3.05, 3.63) is 59.7 Å². The molecule has 28 heavy (non-hydrogen) atoms. The Morgan fingerprint density at radius 2 is 2.00 bits per heavy atom. The standard InChI is InChI=1S/C21H23N5O2/c1-4-25(2)13-20-24-17-10-9-14(21(27)28-3)11-18(17)26(20)12-19-22-15-7-5-6-8-16(15)23-19/h5-11H,4,12-13H2,1-3H3,(H,22,23). The Balaban J connectivity index is 1.81. The minimum atomic E-state index is -0.356. The smallest absolute Gasteiger partial charge is 0.337 e. The molecule has 7 nitrogen and oxygen atoms in total. The molecule has 0 radical (unpaired) electrons. The van der Waals surface area contributed by atoms with E-state index in [0.717, 1.165) is 40.3 Å². The summed E-state index contributed by atoms with van der Waals surface area (Å²) in [5, 5.41) is 0. The lowest BCUT2D eigenvalue weighted by Gasteiger charge is -2.15. The van der Waals surface area contributed by atoms with Gasteiger partial charge in [0.25, 0.3) is 0 Å². The summed E-state index contributed by atoms with van der Waals surface area (Å²) in [7, 11) is 3.45. The van der Waals surface area contributed by atoms with Gasteiger partial charge in [0.05, 0.1) is 47.8 Å². The van der Waals surface area contributed by atoms with Gasteiger partial charge in [-0.15, -0.1) is 0 Å². The fourth-order valence-electron chi connectivity index (χ4n) is 3.30. The second kappa shape index (κ2) is 7.44. The number of hydrogen-bond acceptors (Lipinski definition) is 5. The summed E-state index contributed by atoms with van der Waals surface area (Å²) in [6.07, 6.45) is 0. The van der Waals surface area contributed by atoms with Crippen molar-refractivity contribution in [1.29, 1.82) is 0 Å². The van der Waals surface area contributed by atoms with E-state index in [0.29, 0.717) is 18.7 Å². The van der Waals surface area contributed by atoms with E-state index in [9.17, 15) is 4.79 Å². The van der Waals surface area contributed by atoms with E-state index < -0.39 is 0 Å². The van der Waals surface area contributed by atoms with Gasteiger partial charge in [-0.05, 0) is 43.9 Å². The van der Waals surface area contributed by atoms with Gasteiger partial charge in [-0.2, -0.15) is 0 Å². The number of rotatable bonds is 6. The predicted molar refractivity (Wildman–Crippen MR) is 108 cm³/mol. The van der Waals surface area contributed by atoms with Gasteiger partial charge in [0, 0.05) is 0 Å². The lowest BCUT2D eigenvalue weighted by molar-refractivity contribution is 0.0601. The van der Waals surface area contributed by atoms with Crippen LogP contribution >= 0.6 is 0 Å². The number of aromatic amines is 1. The topological polar surface area (TPSA) is 76.0 Å². The van der Waals surface area contributed by atoms with Gasteiger partial charge in [0.15, 0.2) is 0 Å². The molecule has 0 aliphatic carbocycles. The number of benzene rings is 2. The minimum absolute atomic E-state index is 0.356. The predicted octanol–water partition coefficient (Wildman–Crippen LogP) is 3.20. The second-order valence-corrected chi connectivity index (χ2v) is 6.84. The van der Waals surface area contributed by atoms with Crippen molar-refractivity contribution in [3.8, 4) is 0 Å². The van der Waals surface area contributed by atoms with Gasteiger partial charge >= 0.3 is 5.97 Å². The molecule has 0 bridgehead atoms. The number of fused-ring (bicyclic) bond motifs is 2. The van der Waals surface area contributed by atoms with Crippen LogP contribution in [0.3, 0.4) is 0 Å². The molecule has 2 aromatic carbocycles. The maximum atomic E-state index is 12.0. The number of carbonyl (C=O) groups is 1. The highest BCUT2D eigenvalue weighted by atomic mass is 16.5. The minimum Gasteiger partial charge on any atom is -0.465 e. The zero-order valence-electron chi connectivity index (χ0n) is 16.3. The van der Waals surface area contributed by atoms with E-state index in [-0.39, 0.29) is 5.97 Å². The summed E-state index contributed by atoms with van der Waals surface area (Å²) in [5.41, 5.74) is 4.19. The third kappa shape index (κ3) is 3.36. The van der Waals surface area contributed by atoms with Gasteiger partial charge in [-0.3, -0.25) is 4.90 Å². The molecule has 1 N–H and O–H groups in total. The summed E-state index contributed by atoms with van der Waals surface area (Å²) in [4.78, 5) is 27.1. The molecule has 0 aliphatic rings. The maximum absolute atomic E-state index is 12.0. The largest absolute Gasteiger partial charge is 0.465 e. The van der Waals surface area contributed by atoms with Gasteiger partial charge in [0.2, 0.25) is 0 Å². The highest BCUT2D eigenvalue weighted by molar-refractivity contribution is 5.93. The molecule has 0 fully saturated rings. The van der Waals surface area contributed by atoms with Crippen LogP contribution in [0.25, 0.3) is 22.1 Å². The maximum Gasteiger partial charge on any atom is 0.337 e. The van der Waals surface area contributed by atoms with Crippen molar-refractivity contribution in [2.45, 2.75) is 20.0 Å². The fraction of sp³-hybridized carbons (Fsp3) is 0.286. The fourth-order valence-corrected chi connectivity index (χ4v) is 3.30. The number of methoxy groups -OCH3 is 1. The number of nitrogens with one attached hydrogen (secondary N) is 1. The van der Waals surface area contributed by atoms with Crippen molar-refractivity contribution in [2.75, 3.05) is 20.7 Å². The van der Waals surface area contributed by atoms with Crippen molar-refractivity contribution >= 4 is 28.0 Å². The van der Waals surface area contributed by atoms with Crippen LogP contribution in [0.5, 0.6) is 0 Å². The molecule has 7 heteroatoms. The van der Waals surface area contributed by atoms with Crippen LogP contribution in [0.4, 0.5) is 0 Å². The number of nitrogens with zero attached hydrogens (tertiary/aromatic N) is 4. The summed E-state index contributed by atoms with van der Waals surface area (Å²) in [6, 6.07) is 13.4. The number of ether oxygens (including phenoxy) is 1. The summed E-state index contributed by atoms with van der Waals surface area (Å²) in [5.74, 6) is 1.43. The number of esters is 1. The third-order valence-corrected chi connectivity index (χ3v) is 4.95. The Hall–Kier alpha value is -3.19. The van der Waals surface area contributed by atoms with Crippen LogP contribution in [0.2, 0.25) is 0 Å². The van der Waals surface area contributed by atoms with Gasteiger partial charge in [-0.25, -0.2) is 14.8 Å². The lowest BCUT2D eigenvalue weighted by atomic mass is 10.2. The van der Waals surface area contributed by atoms with Crippen LogP contribution in [-0.4, -0.2) is 51.1 Å². The molecule has 4 aromatic rings. The lowest BCUT2D eigenvalue weighted by Crippen LogP contribution is -2.20. The number of para-hydroxylation sites is 2. The second-order valence-electron chi connectivity index (χ2n) is 6.84.